The van der Waals surface area contributed by atoms with Gasteiger partial charge in [-0.05, 0) is 0 Å². The fourth-order valence-corrected chi connectivity index (χ4v) is 3.19. The fraction of sp³-hybridized carbons (Fsp3) is 0.750. The Morgan fingerprint density at radius 1 is 0.688 bits per heavy atom. The van der Waals surface area contributed by atoms with Crippen molar-refractivity contribution in [1.29, 1.82) is 0 Å². The molecule has 4 unspecified atom stereocenters. The molecule has 6 bridgehead atoms. The van der Waals surface area contributed by atoms with Crippen molar-refractivity contribution < 1.29 is 9.59 Å². The van der Waals surface area contributed by atoms with E-state index in [0.29, 0.717) is 0 Å². The predicted molar refractivity (Wildman–Crippen MR) is 51.1 cm³/mol. The second-order valence-corrected chi connectivity index (χ2v) is 4.51. The molecule has 0 aliphatic carbocycles. The third-order valence-electron chi connectivity index (χ3n) is 3.86. The van der Waals surface area contributed by atoms with Crippen LogP contribution in [0.2, 0.25) is 0 Å². The lowest BCUT2D eigenvalue weighted by atomic mass is 10.1. The zero-order valence-electron chi connectivity index (χ0n) is 8.33. The third kappa shape index (κ3) is 0.810. The molecule has 8 heteroatoms. The lowest BCUT2D eigenvalue weighted by Gasteiger charge is -2.47. The van der Waals surface area contributed by atoms with Crippen LogP contribution >= 0.6 is 0 Å². The molecule has 0 spiro atoms. The molecular formula is C8H12N6O2. The van der Waals surface area contributed by atoms with Gasteiger partial charge in [-0.1, -0.05) is 0 Å². The first-order valence-corrected chi connectivity index (χ1v) is 5.33. The number of nitrogens with one attached hydrogen (secondary N) is 4. The molecule has 0 aromatic rings. The highest BCUT2D eigenvalue weighted by Crippen LogP contribution is 2.31. The highest BCUT2D eigenvalue weighted by atomic mass is 16.2. The van der Waals surface area contributed by atoms with Gasteiger partial charge in [-0.3, -0.25) is 30.9 Å². The Bertz CT molecular complexity index is 306. The van der Waals surface area contributed by atoms with Crippen molar-refractivity contribution in [2.75, 3.05) is 0 Å². The molecule has 2 amide bonds. The number of hydrogen-bond acceptors (Lipinski definition) is 6. The number of carbonyl (C=O) groups is 2. The molecule has 5 rings (SSSR count). The van der Waals surface area contributed by atoms with Crippen LogP contribution < -0.4 is 21.3 Å². The lowest BCUT2D eigenvalue weighted by Crippen LogP contribution is -2.72. The van der Waals surface area contributed by atoms with Crippen molar-refractivity contribution in [2.24, 2.45) is 0 Å². The van der Waals surface area contributed by atoms with Crippen molar-refractivity contribution in [1.82, 2.24) is 31.1 Å². The van der Waals surface area contributed by atoms with E-state index in [1.165, 1.54) is 0 Å². The first kappa shape index (κ1) is 8.88. The van der Waals surface area contributed by atoms with Crippen LogP contribution in [-0.4, -0.2) is 59.6 Å². The molecule has 5 saturated heterocycles. The van der Waals surface area contributed by atoms with Crippen molar-refractivity contribution in [3.63, 3.8) is 0 Å². The van der Waals surface area contributed by atoms with Gasteiger partial charge >= 0.3 is 0 Å². The molecule has 86 valence electrons. The second kappa shape index (κ2) is 2.72. The first-order chi connectivity index (χ1) is 7.83. The van der Waals surface area contributed by atoms with Crippen LogP contribution in [0, 0.1) is 0 Å². The molecule has 0 saturated carbocycles. The zero-order valence-corrected chi connectivity index (χ0v) is 8.33. The Labute approximate surface area is 91.3 Å². The highest BCUT2D eigenvalue weighted by molar-refractivity contribution is 5.55. The van der Waals surface area contributed by atoms with E-state index in [1.807, 2.05) is 0 Å². The average Bonchev–Trinajstić information content (AvgIpc) is 2.79. The summed E-state index contributed by atoms with van der Waals surface area (Å²) in [5.74, 6) is 0. The van der Waals surface area contributed by atoms with E-state index in [1.54, 1.807) is 9.80 Å². The summed E-state index contributed by atoms with van der Waals surface area (Å²) in [4.78, 5) is 25.7. The van der Waals surface area contributed by atoms with E-state index in [4.69, 9.17) is 0 Å². The Hall–Kier alpha value is -1.22. The lowest BCUT2D eigenvalue weighted by molar-refractivity contribution is -0.144. The summed E-state index contributed by atoms with van der Waals surface area (Å²) in [6, 6.07) is 0. The summed E-state index contributed by atoms with van der Waals surface area (Å²) in [5, 5.41) is 13.2. The zero-order chi connectivity index (χ0) is 10.9. The van der Waals surface area contributed by atoms with Crippen LogP contribution in [0.5, 0.6) is 0 Å². The van der Waals surface area contributed by atoms with E-state index >= 15 is 0 Å². The van der Waals surface area contributed by atoms with Crippen molar-refractivity contribution in [3.05, 3.63) is 0 Å². The highest BCUT2D eigenvalue weighted by Gasteiger charge is 2.60. The molecule has 5 heterocycles. The normalized spacial score (nSPS) is 52.2. The largest absolute Gasteiger partial charge is 0.307 e. The minimum atomic E-state index is -0.145. The Morgan fingerprint density at radius 2 is 1.00 bits per heavy atom. The molecule has 0 radical (unpaired) electrons. The van der Waals surface area contributed by atoms with E-state index in [-0.39, 0.29) is 37.0 Å². The molecule has 0 aromatic heterocycles. The van der Waals surface area contributed by atoms with Crippen molar-refractivity contribution in [2.45, 2.75) is 37.0 Å². The second-order valence-electron chi connectivity index (χ2n) is 4.51. The van der Waals surface area contributed by atoms with Crippen LogP contribution in [0.3, 0.4) is 0 Å². The van der Waals surface area contributed by atoms with Gasteiger partial charge in [0.15, 0.2) is 0 Å². The molecule has 4 atom stereocenters. The van der Waals surface area contributed by atoms with Crippen LogP contribution in [0.4, 0.5) is 0 Å². The monoisotopic (exact) mass is 224 g/mol. The topological polar surface area (TPSA) is 88.7 Å². The number of piperazine rings is 1. The first-order valence-electron chi connectivity index (χ1n) is 5.33. The molecule has 8 nitrogen and oxygen atoms in total. The van der Waals surface area contributed by atoms with Gasteiger partial charge in [0.25, 0.3) is 0 Å². The Balaban J connectivity index is 1.85. The van der Waals surface area contributed by atoms with Gasteiger partial charge in [0, 0.05) is 0 Å². The van der Waals surface area contributed by atoms with Gasteiger partial charge in [-0.2, -0.15) is 0 Å². The van der Waals surface area contributed by atoms with E-state index < -0.39 is 0 Å². The molecule has 16 heavy (non-hydrogen) atoms. The SMILES string of the molecule is O=CN1C2NC3NC2N(C=O)C2NC3NC21. The molecular weight excluding hydrogens is 212 g/mol. The van der Waals surface area contributed by atoms with E-state index in [0.717, 1.165) is 12.8 Å². The number of carbonyl (C=O) groups excluding carboxylic acids is 2. The summed E-state index contributed by atoms with van der Waals surface area (Å²) < 4.78 is 0. The van der Waals surface area contributed by atoms with Crippen molar-refractivity contribution in [3.8, 4) is 0 Å². The molecule has 5 aliphatic rings. The summed E-state index contributed by atoms with van der Waals surface area (Å²) in [6.07, 6.45) is 1.16. The van der Waals surface area contributed by atoms with Crippen molar-refractivity contribution >= 4 is 12.8 Å². The maximum atomic E-state index is 11.1. The van der Waals surface area contributed by atoms with Crippen LogP contribution in [-0.2, 0) is 9.59 Å². The number of hydrogen-bond donors (Lipinski definition) is 4. The fourth-order valence-electron chi connectivity index (χ4n) is 3.19. The van der Waals surface area contributed by atoms with E-state index in [2.05, 4.69) is 21.3 Å². The van der Waals surface area contributed by atoms with Gasteiger partial charge in [0.05, 0.1) is 12.3 Å². The van der Waals surface area contributed by atoms with Gasteiger partial charge in [-0.15, -0.1) is 0 Å². The third-order valence-corrected chi connectivity index (χ3v) is 3.86. The quantitative estimate of drug-likeness (QED) is 0.361. The number of nitrogens with zero attached hydrogens (tertiary/aromatic N) is 2. The summed E-state index contributed by atoms with van der Waals surface area (Å²) in [5.41, 5.74) is 0. The van der Waals surface area contributed by atoms with E-state index in [9.17, 15) is 9.59 Å². The standard InChI is InChI=1S/C8H12N6O2/c15-1-13-5-7-11-3(9-5)4-10-6(13)8(12-4)14(7)2-16/h1-12H. The van der Waals surface area contributed by atoms with Gasteiger partial charge < -0.3 is 9.80 Å². The summed E-state index contributed by atoms with van der Waals surface area (Å²) >= 11 is 0. The molecule has 5 fully saturated rings. The Kier molecular flexibility index (Phi) is 1.51. The molecule has 0 aromatic carbocycles. The van der Waals surface area contributed by atoms with Gasteiger partial charge in [0.1, 0.15) is 24.7 Å². The average molecular weight is 224 g/mol. The number of amides is 2. The minimum Gasteiger partial charge on any atom is -0.307 e. The smallest absolute Gasteiger partial charge is 0.212 e. The predicted octanol–water partition coefficient (Wildman–Crippen LogP) is -3.73. The summed E-state index contributed by atoms with van der Waals surface area (Å²) in [6.45, 7) is 0. The molecule has 5 aliphatic heterocycles. The Morgan fingerprint density at radius 3 is 1.25 bits per heavy atom. The number of rotatable bonds is 2. The molecule has 4 N–H and O–H groups in total. The maximum absolute atomic E-state index is 11.1. The summed E-state index contributed by atoms with van der Waals surface area (Å²) in [7, 11) is 0. The van der Waals surface area contributed by atoms with Gasteiger partial charge in [0.2, 0.25) is 12.8 Å². The minimum absolute atomic E-state index is 0.0393. The van der Waals surface area contributed by atoms with Crippen LogP contribution in [0.25, 0.3) is 0 Å². The van der Waals surface area contributed by atoms with Crippen LogP contribution in [0.1, 0.15) is 0 Å². The van der Waals surface area contributed by atoms with Gasteiger partial charge in [-0.25, -0.2) is 0 Å². The van der Waals surface area contributed by atoms with Crippen LogP contribution in [0.15, 0.2) is 0 Å². The maximum Gasteiger partial charge on any atom is 0.212 e.